The van der Waals surface area contributed by atoms with Gasteiger partial charge in [-0.2, -0.15) is 0 Å². The number of rotatable bonds is 9. The largest absolute Gasteiger partial charge is 0.385 e. The summed E-state index contributed by atoms with van der Waals surface area (Å²) in [5.74, 6) is 0. The van der Waals surface area contributed by atoms with Crippen molar-refractivity contribution in [1.29, 1.82) is 0 Å². The van der Waals surface area contributed by atoms with Crippen LogP contribution in [-0.2, 0) is 11.2 Å². The molecular formula is C11H21N3OS. The predicted octanol–water partition coefficient (Wildman–Crippen LogP) is 1.03. The van der Waals surface area contributed by atoms with E-state index in [1.807, 2.05) is 5.51 Å². The van der Waals surface area contributed by atoms with Gasteiger partial charge < -0.3 is 15.8 Å². The SMILES string of the molecule is COCCCC(N)CNCCc1cscn1. The molecule has 0 aliphatic carbocycles. The standard InChI is InChI=1S/C11H21N3OS/c1-15-6-2-3-10(12)7-13-5-4-11-8-16-9-14-11/h8-10,13H,2-7,12H2,1H3. The summed E-state index contributed by atoms with van der Waals surface area (Å²) in [5.41, 5.74) is 8.97. The first-order valence-corrected chi connectivity index (χ1v) is 6.59. The van der Waals surface area contributed by atoms with Crippen molar-refractivity contribution in [3.8, 4) is 0 Å². The minimum absolute atomic E-state index is 0.227. The lowest BCUT2D eigenvalue weighted by molar-refractivity contribution is 0.190. The monoisotopic (exact) mass is 243 g/mol. The van der Waals surface area contributed by atoms with Gasteiger partial charge in [0.25, 0.3) is 0 Å². The highest BCUT2D eigenvalue weighted by Gasteiger charge is 2.01. The lowest BCUT2D eigenvalue weighted by Crippen LogP contribution is -2.35. The Labute approximate surface area is 101 Å². The molecule has 0 aliphatic rings. The van der Waals surface area contributed by atoms with Crippen molar-refractivity contribution in [2.45, 2.75) is 25.3 Å². The Morgan fingerprint density at radius 1 is 1.62 bits per heavy atom. The van der Waals surface area contributed by atoms with Gasteiger partial charge in [0.1, 0.15) is 0 Å². The Hall–Kier alpha value is -0.490. The maximum absolute atomic E-state index is 5.94. The molecule has 0 aliphatic heterocycles. The highest BCUT2D eigenvalue weighted by molar-refractivity contribution is 7.07. The van der Waals surface area contributed by atoms with E-state index < -0.39 is 0 Å². The fourth-order valence-corrected chi connectivity index (χ4v) is 2.05. The maximum Gasteiger partial charge on any atom is 0.0794 e. The van der Waals surface area contributed by atoms with E-state index in [0.29, 0.717) is 0 Å². The normalized spacial score (nSPS) is 12.9. The summed E-state index contributed by atoms with van der Waals surface area (Å²) in [7, 11) is 1.72. The fourth-order valence-electron chi connectivity index (χ4n) is 1.46. The van der Waals surface area contributed by atoms with E-state index in [2.05, 4.69) is 15.7 Å². The summed E-state index contributed by atoms with van der Waals surface area (Å²) in [6.45, 7) is 2.61. The summed E-state index contributed by atoms with van der Waals surface area (Å²) in [6.07, 6.45) is 3.03. The van der Waals surface area contributed by atoms with Crippen molar-refractivity contribution in [2.75, 3.05) is 26.8 Å². The number of nitrogens with one attached hydrogen (secondary N) is 1. The molecule has 1 aromatic heterocycles. The quantitative estimate of drug-likeness (QED) is 0.636. The van der Waals surface area contributed by atoms with Gasteiger partial charge in [0.2, 0.25) is 0 Å². The lowest BCUT2D eigenvalue weighted by Gasteiger charge is -2.11. The Morgan fingerprint density at radius 3 is 3.19 bits per heavy atom. The molecule has 0 saturated heterocycles. The van der Waals surface area contributed by atoms with Crippen LogP contribution in [0.15, 0.2) is 10.9 Å². The topological polar surface area (TPSA) is 60.2 Å². The second kappa shape index (κ2) is 8.64. The molecule has 1 atom stereocenters. The molecule has 0 amide bonds. The van der Waals surface area contributed by atoms with Gasteiger partial charge in [-0.05, 0) is 12.8 Å². The molecular weight excluding hydrogens is 222 g/mol. The molecule has 0 fully saturated rings. The minimum Gasteiger partial charge on any atom is -0.385 e. The van der Waals surface area contributed by atoms with E-state index in [0.717, 1.165) is 44.7 Å². The summed E-state index contributed by atoms with van der Waals surface area (Å²) >= 11 is 1.64. The van der Waals surface area contributed by atoms with Crippen molar-refractivity contribution < 1.29 is 4.74 Å². The summed E-state index contributed by atoms with van der Waals surface area (Å²) in [5, 5.41) is 5.43. The van der Waals surface area contributed by atoms with Gasteiger partial charge in [0.15, 0.2) is 0 Å². The van der Waals surface area contributed by atoms with Crippen LogP contribution in [0.2, 0.25) is 0 Å². The third-order valence-corrected chi connectivity index (χ3v) is 3.01. The molecule has 1 rings (SSSR count). The van der Waals surface area contributed by atoms with Gasteiger partial charge in [-0.25, -0.2) is 4.98 Å². The zero-order valence-electron chi connectivity index (χ0n) is 9.82. The van der Waals surface area contributed by atoms with Crippen LogP contribution in [0.3, 0.4) is 0 Å². The number of hydrogen-bond donors (Lipinski definition) is 2. The van der Waals surface area contributed by atoms with E-state index in [-0.39, 0.29) is 6.04 Å². The number of hydrogen-bond acceptors (Lipinski definition) is 5. The van der Waals surface area contributed by atoms with E-state index >= 15 is 0 Å². The van der Waals surface area contributed by atoms with Crippen LogP contribution in [-0.4, -0.2) is 37.8 Å². The van der Waals surface area contributed by atoms with Crippen molar-refractivity contribution in [1.82, 2.24) is 10.3 Å². The van der Waals surface area contributed by atoms with Crippen molar-refractivity contribution in [2.24, 2.45) is 5.73 Å². The number of thiazole rings is 1. The molecule has 1 aromatic rings. The molecule has 3 N–H and O–H groups in total. The van der Waals surface area contributed by atoms with Crippen LogP contribution < -0.4 is 11.1 Å². The fraction of sp³-hybridized carbons (Fsp3) is 0.727. The van der Waals surface area contributed by atoms with Gasteiger partial charge in [0.05, 0.1) is 11.2 Å². The summed E-state index contributed by atoms with van der Waals surface area (Å²) in [4.78, 5) is 4.22. The van der Waals surface area contributed by atoms with Gasteiger partial charge in [-0.15, -0.1) is 11.3 Å². The van der Waals surface area contributed by atoms with Crippen molar-refractivity contribution in [3.05, 3.63) is 16.6 Å². The molecule has 0 radical (unpaired) electrons. The van der Waals surface area contributed by atoms with Gasteiger partial charge in [0, 0.05) is 44.6 Å². The molecule has 1 heterocycles. The van der Waals surface area contributed by atoms with Crippen LogP contribution in [0.1, 0.15) is 18.5 Å². The van der Waals surface area contributed by atoms with Gasteiger partial charge >= 0.3 is 0 Å². The average Bonchev–Trinajstić information content (AvgIpc) is 2.78. The molecule has 4 nitrogen and oxygen atoms in total. The van der Waals surface area contributed by atoms with Crippen molar-refractivity contribution in [3.63, 3.8) is 0 Å². The molecule has 1 unspecified atom stereocenters. The molecule has 0 aromatic carbocycles. The Balaban J connectivity index is 1.94. The zero-order chi connectivity index (χ0) is 11.6. The molecule has 16 heavy (non-hydrogen) atoms. The Kier molecular flexibility index (Phi) is 7.33. The number of methoxy groups -OCH3 is 1. The summed E-state index contributed by atoms with van der Waals surface area (Å²) < 4.78 is 4.98. The highest BCUT2D eigenvalue weighted by Crippen LogP contribution is 2.00. The first-order valence-electron chi connectivity index (χ1n) is 5.65. The average molecular weight is 243 g/mol. The van der Waals surface area contributed by atoms with Crippen LogP contribution in [0.4, 0.5) is 0 Å². The second-order valence-corrected chi connectivity index (χ2v) is 4.55. The number of aromatic nitrogens is 1. The van der Waals surface area contributed by atoms with Gasteiger partial charge in [-0.3, -0.25) is 0 Å². The Bertz CT molecular complexity index is 254. The number of nitrogens with zero attached hydrogens (tertiary/aromatic N) is 1. The third-order valence-electron chi connectivity index (χ3n) is 2.37. The number of nitrogens with two attached hydrogens (primary N) is 1. The smallest absolute Gasteiger partial charge is 0.0794 e. The highest BCUT2D eigenvalue weighted by atomic mass is 32.1. The molecule has 92 valence electrons. The lowest BCUT2D eigenvalue weighted by atomic mass is 10.2. The summed E-state index contributed by atoms with van der Waals surface area (Å²) in [6, 6.07) is 0.227. The second-order valence-electron chi connectivity index (χ2n) is 3.83. The third kappa shape index (κ3) is 6.17. The Morgan fingerprint density at radius 2 is 2.50 bits per heavy atom. The number of ether oxygens (including phenoxy) is 1. The van der Waals surface area contributed by atoms with E-state index in [1.54, 1.807) is 18.4 Å². The minimum atomic E-state index is 0.227. The van der Waals surface area contributed by atoms with Crippen LogP contribution in [0.5, 0.6) is 0 Å². The van der Waals surface area contributed by atoms with Crippen LogP contribution >= 0.6 is 11.3 Å². The molecule has 0 saturated carbocycles. The van der Waals surface area contributed by atoms with Crippen molar-refractivity contribution >= 4 is 11.3 Å². The molecule has 5 heteroatoms. The maximum atomic E-state index is 5.94. The van der Waals surface area contributed by atoms with E-state index in [9.17, 15) is 0 Å². The van der Waals surface area contributed by atoms with Gasteiger partial charge in [-0.1, -0.05) is 0 Å². The first kappa shape index (κ1) is 13.6. The van der Waals surface area contributed by atoms with E-state index in [4.69, 9.17) is 10.5 Å². The zero-order valence-corrected chi connectivity index (χ0v) is 10.6. The first-order chi connectivity index (χ1) is 7.83. The van der Waals surface area contributed by atoms with Crippen LogP contribution in [0, 0.1) is 0 Å². The predicted molar refractivity (Wildman–Crippen MR) is 67.8 cm³/mol. The molecule has 0 bridgehead atoms. The molecule has 0 spiro atoms. The van der Waals surface area contributed by atoms with E-state index in [1.165, 1.54) is 0 Å². The van der Waals surface area contributed by atoms with Crippen LogP contribution in [0.25, 0.3) is 0 Å².